The van der Waals surface area contributed by atoms with Gasteiger partial charge in [0.2, 0.25) is 0 Å². The Bertz CT molecular complexity index is 102. The van der Waals surface area contributed by atoms with Gasteiger partial charge in [0.15, 0.2) is 0 Å². The first-order valence-corrected chi connectivity index (χ1v) is 3.19. The first-order valence-electron chi connectivity index (χ1n) is 1.33. The monoisotopic (exact) mass is 161 g/mol. The number of hydrogen-bond donors (Lipinski definition) is 0. The molecule has 0 atom stereocenters. The van der Waals surface area contributed by atoms with Crippen LogP contribution in [-0.2, 0) is 13.6 Å². The standard InChI is InChI=1S/CCl2O3P/c2-1(3)5-7(4)6-1/q+1. The van der Waals surface area contributed by atoms with Crippen LogP contribution in [-0.4, -0.2) is 4.71 Å². The van der Waals surface area contributed by atoms with Crippen LogP contribution in [0.25, 0.3) is 0 Å². The summed E-state index contributed by atoms with van der Waals surface area (Å²) in [5.41, 5.74) is 0. The molecule has 40 valence electrons. The summed E-state index contributed by atoms with van der Waals surface area (Å²) in [7, 11) is -2.02. The van der Waals surface area contributed by atoms with Crippen molar-refractivity contribution in [2.75, 3.05) is 0 Å². The van der Waals surface area contributed by atoms with E-state index in [9.17, 15) is 4.57 Å². The molecule has 1 fully saturated rings. The van der Waals surface area contributed by atoms with Crippen molar-refractivity contribution in [1.82, 2.24) is 0 Å². The molecule has 0 N–H and O–H groups in total. The van der Waals surface area contributed by atoms with Crippen molar-refractivity contribution in [2.45, 2.75) is 4.71 Å². The fourth-order valence-corrected chi connectivity index (χ4v) is 1.22. The highest BCUT2D eigenvalue weighted by Crippen LogP contribution is 2.52. The topological polar surface area (TPSA) is 35.5 Å². The molecule has 0 spiro atoms. The summed E-state index contributed by atoms with van der Waals surface area (Å²) in [5.74, 6) is 0. The van der Waals surface area contributed by atoms with E-state index in [2.05, 4.69) is 9.05 Å². The first-order chi connectivity index (χ1) is 3.10. The summed E-state index contributed by atoms with van der Waals surface area (Å²) in [4.78, 5) is 0. The van der Waals surface area contributed by atoms with Gasteiger partial charge in [0.1, 0.15) is 0 Å². The van der Waals surface area contributed by atoms with E-state index in [0.29, 0.717) is 0 Å². The number of halogens is 2. The maximum absolute atomic E-state index is 9.85. The fourth-order valence-electron chi connectivity index (χ4n) is 0.180. The zero-order chi connectivity index (χ0) is 5.49. The Morgan fingerprint density at radius 3 is 1.86 bits per heavy atom. The van der Waals surface area contributed by atoms with Crippen molar-refractivity contribution in [1.29, 1.82) is 0 Å². The molecule has 0 aliphatic carbocycles. The summed E-state index contributed by atoms with van der Waals surface area (Å²) in [6.45, 7) is 0. The molecule has 1 aliphatic rings. The van der Waals surface area contributed by atoms with Crippen molar-refractivity contribution in [3.05, 3.63) is 0 Å². The lowest BCUT2D eigenvalue weighted by Gasteiger charge is -2.10. The van der Waals surface area contributed by atoms with E-state index in [-0.39, 0.29) is 0 Å². The van der Waals surface area contributed by atoms with Crippen LogP contribution < -0.4 is 0 Å². The predicted molar refractivity (Wildman–Crippen MR) is 24.2 cm³/mol. The molecule has 0 aromatic carbocycles. The summed E-state index contributed by atoms with van der Waals surface area (Å²) in [5, 5.41) is 0. The smallest absolute Gasteiger partial charge is 0.0429 e. The molecular weight excluding hydrogens is 162 g/mol. The molecule has 0 aromatic rings. The Kier molecular flexibility index (Phi) is 1.26. The quantitative estimate of drug-likeness (QED) is 0.402. The predicted octanol–water partition coefficient (Wildman–Crippen LogP) is 1.78. The number of rotatable bonds is 0. The summed E-state index contributed by atoms with van der Waals surface area (Å²) in [6.07, 6.45) is 0. The van der Waals surface area contributed by atoms with Gasteiger partial charge in [-0.25, -0.2) is 0 Å². The highest BCUT2D eigenvalue weighted by molar-refractivity contribution is 7.35. The van der Waals surface area contributed by atoms with E-state index in [4.69, 9.17) is 23.2 Å². The molecule has 1 rings (SSSR count). The maximum Gasteiger partial charge on any atom is 0.709 e. The number of alkyl halides is 2. The van der Waals surface area contributed by atoms with Crippen molar-refractivity contribution in [2.24, 2.45) is 0 Å². The number of hydrogen-bond acceptors (Lipinski definition) is 3. The van der Waals surface area contributed by atoms with Gasteiger partial charge >= 0.3 is 13.0 Å². The normalized spacial score (nSPS) is 26.9. The van der Waals surface area contributed by atoms with Gasteiger partial charge in [0.05, 0.1) is 0 Å². The Balaban J connectivity index is 2.43. The molecule has 1 heterocycles. The van der Waals surface area contributed by atoms with Crippen molar-refractivity contribution < 1.29 is 13.6 Å². The lowest BCUT2D eigenvalue weighted by molar-refractivity contribution is -0.0498. The third kappa shape index (κ3) is 1.24. The lowest BCUT2D eigenvalue weighted by atomic mass is 11.5. The van der Waals surface area contributed by atoms with Gasteiger partial charge in [0, 0.05) is 4.57 Å². The van der Waals surface area contributed by atoms with Crippen LogP contribution in [0.3, 0.4) is 0 Å². The first kappa shape index (κ1) is 5.73. The summed E-state index contributed by atoms with van der Waals surface area (Å²) >= 11 is 10.1. The molecule has 6 heteroatoms. The molecule has 0 aromatic heterocycles. The molecule has 0 unspecified atom stereocenters. The maximum atomic E-state index is 9.85. The van der Waals surface area contributed by atoms with Crippen LogP contribution in [0.1, 0.15) is 0 Å². The van der Waals surface area contributed by atoms with Gasteiger partial charge < -0.3 is 0 Å². The minimum Gasteiger partial charge on any atom is -0.0429 e. The zero-order valence-corrected chi connectivity index (χ0v) is 5.33. The third-order valence-electron chi connectivity index (χ3n) is 0.362. The molecule has 7 heavy (non-hydrogen) atoms. The highest BCUT2D eigenvalue weighted by atomic mass is 35.5. The Morgan fingerprint density at radius 1 is 1.43 bits per heavy atom. The van der Waals surface area contributed by atoms with Crippen LogP contribution >= 0.6 is 31.5 Å². The second-order valence-electron chi connectivity index (χ2n) is 0.870. The van der Waals surface area contributed by atoms with Crippen LogP contribution in [0.2, 0.25) is 0 Å². The summed E-state index contributed by atoms with van der Waals surface area (Å²) in [6, 6.07) is 0. The Labute approximate surface area is 50.4 Å². The minimum absolute atomic E-state index is 1.65. The molecule has 1 saturated heterocycles. The second-order valence-corrected chi connectivity index (χ2v) is 2.87. The Morgan fingerprint density at radius 2 is 1.86 bits per heavy atom. The fraction of sp³-hybridized carbons (Fsp3) is 1.00. The molecule has 0 bridgehead atoms. The second kappa shape index (κ2) is 1.54. The zero-order valence-electron chi connectivity index (χ0n) is 2.93. The van der Waals surface area contributed by atoms with Gasteiger partial charge in [-0.1, -0.05) is 0 Å². The van der Waals surface area contributed by atoms with E-state index < -0.39 is 13.0 Å². The average Bonchev–Trinajstić information content (AvgIpc) is 1.27. The average molecular weight is 162 g/mol. The van der Waals surface area contributed by atoms with Crippen molar-refractivity contribution >= 4 is 31.5 Å². The van der Waals surface area contributed by atoms with E-state index >= 15 is 0 Å². The van der Waals surface area contributed by atoms with Gasteiger partial charge in [-0.05, 0) is 32.2 Å². The molecule has 0 radical (unpaired) electrons. The van der Waals surface area contributed by atoms with Crippen LogP contribution in [0.5, 0.6) is 0 Å². The van der Waals surface area contributed by atoms with E-state index in [0.717, 1.165) is 0 Å². The van der Waals surface area contributed by atoms with Gasteiger partial charge in [0.25, 0.3) is 0 Å². The van der Waals surface area contributed by atoms with Gasteiger partial charge in [-0.2, -0.15) is 0 Å². The molecule has 0 amide bonds. The SMILES string of the molecule is O=[P+]1OC(Cl)(Cl)O1. The van der Waals surface area contributed by atoms with Crippen LogP contribution in [0, 0.1) is 0 Å². The van der Waals surface area contributed by atoms with Crippen LogP contribution in [0.15, 0.2) is 0 Å². The molecule has 0 saturated carbocycles. The van der Waals surface area contributed by atoms with E-state index in [1.165, 1.54) is 0 Å². The molecular formula is CCl2O3P+. The lowest BCUT2D eigenvalue weighted by Crippen LogP contribution is -2.24. The van der Waals surface area contributed by atoms with E-state index in [1.807, 2.05) is 0 Å². The summed E-state index contributed by atoms with van der Waals surface area (Å²) < 4.78 is 16.5. The largest absolute Gasteiger partial charge is 0.709 e. The Hall–Kier alpha value is 0.600. The highest BCUT2D eigenvalue weighted by Gasteiger charge is 2.59. The van der Waals surface area contributed by atoms with E-state index in [1.54, 1.807) is 0 Å². The van der Waals surface area contributed by atoms with Gasteiger partial charge in [-0.3, -0.25) is 0 Å². The molecule has 1 aliphatic heterocycles. The minimum atomic E-state index is -2.02. The molecule has 3 nitrogen and oxygen atoms in total. The van der Waals surface area contributed by atoms with Gasteiger partial charge in [-0.15, -0.1) is 0 Å². The van der Waals surface area contributed by atoms with Crippen LogP contribution in [0.4, 0.5) is 0 Å². The van der Waals surface area contributed by atoms with Crippen molar-refractivity contribution in [3.8, 4) is 0 Å². The van der Waals surface area contributed by atoms with Crippen molar-refractivity contribution in [3.63, 3.8) is 0 Å². The third-order valence-corrected chi connectivity index (χ3v) is 1.91.